The molecule has 6 N–H and O–H groups in total. The van der Waals surface area contributed by atoms with Gasteiger partial charge in [-0.2, -0.15) is 0 Å². The van der Waals surface area contributed by atoms with Crippen LogP contribution in [0.3, 0.4) is 0 Å². The molecule has 4 saturated carbocycles. The van der Waals surface area contributed by atoms with E-state index in [1.54, 1.807) is 0 Å². The molecule has 5 aromatic rings. The molecule has 7 amide bonds. The van der Waals surface area contributed by atoms with Crippen LogP contribution >= 0.6 is 0 Å². The molecule has 0 radical (unpaired) electrons. The van der Waals surface area contributed by atoms with Crippen molar-refractivity contribution in [3.63, 3.8) is 0 Å². The number of hydrogen-bond acceptors (Lipinski definition) is 11. The highest BCUT2D eigenvalue weighted by atomic mass is 16.5. The maximum absolute atomic E-state index is 15.0. The van der Waals surface area contributed by atoms with E-state index >= 15 is 0 Å². The van der Waals surface area contributed by atoms with Crippen LogP contribution in [0.25, 0.3) is 0 Å². The van der Waals surface area contributed by atoms with Gasteiger partial charge in [0.1, 0.15) is 13.2 Å². The van der Waals surface area contributed by atoms with E-state index in [-0.39, 0.29) is 141 Å². The van der Waals surface area contributed by atoms with Gasteiger partial charge in [-0.3, -0.25) is 33.6 Å². The minimum Gasteiger partial charge on any atom is -0.480 e. The molecule has 0 spiro atoms. The number of aliphatic carboxylic acids is 1. The van der Waals surface area contributed by atoms with E-state index in [1.807, 2.05) is 121 Å². The Morgan fingerprint density at radius 1 is 0.422 bits per heavy atom. The number of carboxylic acids is 1. The number of rotatable bonds is 25. The number of likely N-dealkylation sites (tertiary alicyclic amines) is 2. The fraction of sp³-hybridized carbons (Fsp3) is 0.406. The van der Waals surface area contributed by atoms with E-state index in [2.05, 4.69) is 26.6 Å². The lowest BCUT2D eigenvalue weighted by Gasteiger charge is -2.21. The smallest absolute Gasteiger partial charge is 0.329 e. The number of carboxylic acid groups (broad SMARTS) is 1. The number of benzene rings is 5. The highest BCUT2D eigenvalue weighted by molar-refractivity contribution is 6.07. The number of carbonyl (C=O) groups is 8. The quantitative estimate of drug-likeness (QED) is 0.0431. The number of nitrogens with zero attached hydrogens (tertiary/aromatic N) is 2. The molecule has 19 heteroatoms. The van der Waals surface area contributed by atoms with Gasteiger partial charge in [-0.05, 0) is 66.1 Å². The Kier molecular flexibility index (Phi) is 17.4. The average Bonchev–Trinajstić information content (AvgIpc) is 4.60. The first-order valence-corrected chi connectivity index (χ1v) is 28.8. The molecule has 19 nitrogen and oxygen atoms in total. The number of ether oxygens (including phenoxy) is 3. The van der Waals surface area contributed by atoms with Gasteiger partial charge in [0.25, 0.3) is 11.8 Å². The van der Waals surface area contributed by atoms with E-state index in [0.29, 0.717) is 0 Å². The predicted octanol–water partition coefficient (Wildman–Crippen LogP) is 4.83. The summed E-state index contributed by atoms with van der Waals surface area (Å²) in [5.41, 5.74) is 4.44. The molecule has 4 aliphatic carbocycles. The van der Waals surface area contributed by atoms with Crippen molar-refractivity contribution < 1.29 is 57.7 Å². The van der Waals surface area contributed by atoms with E-state index in [4.69, 9.17) is 19.3 Å². The summed E-state index contributed by atoms with van der Waals surface area (Å²) in [6.07, 6.45) is 2.97. The highest BCUT2D eigenvalue weighted by Crippen LogP contribution is 2.45. The minimum absolute atomic E-state index is 0.0109. The molecule has 0 bridgehead atoms. The van der Waals surface area contributed by atoms with Gasteiger partial charge in [0.2, 0.25) is 29.5 Å². The van der Waals surface area contributed by atoms with Crippen molar-refractivity contribution in [2.45, 2.75) is 73.5 Å². The molecule has 83 heavy (non-hydrogen) atoms. The number of carbonyl (C=O) groups excluding carboxylic acids is 7. The number of anilines is 1. The Bertz CT molecular complexity index is 3040. The van der Waals surface area contributed by atoms with E-state index in [9.17, 15) is 38.4 Å². The lowest BCUT2D eigenvalue weighted by atomic mass is 9.94. The molecule has 2 heterocycles. The third-order valence-electron chi connectivity index (χ3n) is 16.9. The largest absolute Gasteiger partial charge is 0.480 e. The fourth-order valence-electron chi connectivity index (χ4n) is 12.0. The highest BCUT2D eigenvalue weighted by Gasteiger charge is 2.51. The van der Waals surface area contributed by atoms with Crippen molar-refractivity contribution in [2.24, 2.45) is 23.7 Å². The third kappa shape index (κ3) is 14.0. The predicted molar refractivity (Wildman–Crippen MR) is 304 cm³/mol. The topological polar surface area (TPSA) is 251 Å². The second-order valence-electron chi connectivity index (χ2n) is 22.7. The molecule has 432 valence electrons. The fourth-order valence-corrected chi connectivity index (χ4v) is 12.0. The SMILES string of the molecule is O=C(O)COCCOCCOCC(=O)Nc1cc(C(=O)N2C[C@@H](C(=O)N[C@H]3C[C@@H]3c3ccccc3)[C@H](C(=O)N[C@H]3C[C@@H]3c3ccccc3)C2)ccc1C(=O)N1C[C@@H](C(=O)N[C@H]2C[C@@H]2c2ccccc2)[C@H](C(=O)N[C@H]2C[C@@H]2c2ccccc2)C1. The van der Waals surface area contributed by atoms with Crippen LogP contribution in [0.5, 0.6) is 0 Å². The second kappa shape index (κ2) is 25.5. The summed E-state index contributed by atoms with van der Waals surface area (Å²) in [4.78, 5) is 114. The van der Waals surface area contributed by atoms with Crippen molar-refractivity contribution in [3.8, 4) is 0 Å². The molecular weight excluding hydrogens is 1060 g/mol. The molecule has 2 saturated heterocycles. The van der Waals surface area contributed by atoms with Gasteiger partial charge in [-0.25, -0.2) is 4.79 Å². The summed E-state index contributed by atoms with van der Waals surface area (Å²) in [6.45, 7) is -1.09. The Hall–Kier alpha value is -8.26. The van der Waals surface area contributed by atoms with E-state index in [0.717, 1.165) is 47.9 Å². The third-order valence-corrected chi connectivity index (χ3v) is 16.9. The van der Waals surface area contributed by atoms with Gasteiger partial charge in [-0.1, -0.05) is 121 Å². The van der Waals surface area contributed by atoms with Crippen LogP contribution in [0, 0.1) is 23.7 Å². The van der Waals surface area contributed by atoms with Crippen molar-refractivity contribution in [1.29, 1.82) is 0 Å². The minimum atomic E-state index is -1.11. The van der Waals surface area contributed by atoms with E-state index in [1.165, 1.54) is 28.0 Å². The molecule has 0 aromatic heterocycles. The van der Waals surface area contributed by atoms with Crippen LogP contribution in [0.15, 0.2) is 140 Å². The number of hydrogen-bond donors (Lipinski definition) is 6. The molecule has 5 aromatic carbocycles. The van der Waals surface area contributed by atoms with Gasteiger partial charge >= 0.3 is 5.97 Å². The number of amides is 7. The van der Waals surface area contributed by atoms with Crippen molar-refractivity contribution in [2.75, 3.05) is 71.1 Å². The zero-order valence-electron chi connectivity index (χ0n) is 45.9. The summed E-state index contributed by atoms with van der Waals surface area (Å²) >= 11 is 0. The first kappa shape index (κ1) is 56.6. The first-order valence-electron chi connectivity index (χ1n) is 28.8. The van der Waals surface area contributed by atoms with Gasteiger partial charge in [0.05, 0.1) is 61.3 Å². The van der Waals surface area contributed by atoms with Gasteiger partial charge in [0.15, 0.2) is 0 Å². The molecular formula is C64H69N7O12. The van der Waals surface area contributed by atoms with E-state index < -0.39 is 60.6 Å². The first-order chi connectivity index (χ1) is 40.4. The Morgan fingerprint density at radius 2 is 0.759 bits per heavy atom. The second-order valence-corrected chi connectivity index (χ2v) is 22.7. The molecule has 12 atom stereocenters. The summed E-state index contributed by atoms with van der Waals surface area (Å²) in [6, 6.07) is 43.3. The Labute approximate surface area is 481 Å². The lowest BCUT2D eigenvalue weighted by Crippen LogP contribution is -2.43. The Morgan fingerprint density at radius 3 is 1.12 bits per heavy atom. The Balaban J connectivity index is 0.814. The number of nitrogens with one attached hydrogen (secondary N) is 5. The van der Waals surface area contributed by atoms with Crippen LogP contribution in [-0.4, -0.2) is 152 Å². The molecule has 0 unspecified atom stereocenters. The maximum Gasteiger partial charge on any atom is 0.329 e. The summed E-state index contributed by atoms with van der Waals surface area (Å²) < 4.78 is 16.0. The van der Waals surface area contributed by atoms with Crippen LogP contribution < -0.4 is 26.6 Å². The summed E-state index contributed by atoms with van der Waals surface area (Å²) in [5, 5.41) is 24.2. The van der Waals surface area contributed by atoms with Gasteiger partial charge in [-0.15, -0.1) is 0 Å². The van der Waals surface area contributed by atoms with Crippen molar-refractivity contribution in [1.82, 2.24) is 31.1 Å². The standard InChI is InChI=1S/C64H69N7O12/c72-57(36-82-25-23-81-24-26-83-37-58(73)74)65-52-27-42(63(79)70-32-48(59(75)66-53-28-44(53)38-13-5-1-6-14-38)49(33-70)60(76)67-54-29-45(54)39-15-7-2-8-16-39)21-22-43(52)64(80)71-34-50(61(77)68-55-30-46(55)40-17-9-3-10-18-40)51(35-71)62(78)69-56-31-47(56)41-19-11-4-12-20-41/h1-22,27,44-51,53-56H,23-26,28-37H2,(H,65,72)(H,66,75)(H,67,76)(H,68,77)(H,69,78)(H,73,74)/t44-,45-,46-,47-,48-,49-,50-,51-,53+,54+,55+,56+/m1/s1. The van der Waals surface area contributed by atoms with Crippen molar-refractivity contribution in [3.05, 3.63) is 173 Å². The van der Waals surface area contributed by atoms with Crippen LogP contribution in [0.1, 0.15) is 92.3 Å². The molecule has 2 aliphatic heterocycles. The molecule has 6 aliphatic rings. The van der Waals surface area contributed by atoms with Crippen LogP contribution in [-0.2, 0) is 43.0 Å². The normalized spacial score (nSPS) is 26.3. The van der Waals surface area contributed by atoms with Crippen LogP contribution in [0.4, 0.5) is 5.69 Å². The lowest BCUT2D eigenvalue weighted by molar-refractivity contribution is -0.142. The van der Waals surface area contributed by atoms with Crippen LogP contribution in [0.2, 0.25) is 0 Å². The van der Waals surface area contributed by atoms with Gasteiger partial charge < -0.3 is 55.7 Å². The zero-order chi connectivity index (χ0) is 57.6. The molecule has 6 fully saturated rings. The summed E-state index contributed by atoms with van der Waals surface area (Å²) in [7, 11) is 0. The zero-order valence-corrected chi connectivity index (χ0v) is 45.9. The maximum atomic E-state index is 15.0. The average molecular weight is 1130 g/mol. The monoisotopic (exact) mass is 1130 g/mol. The summed E-state index contributed by atoms with van der Waals surface area (Å²) in [5.74, 6) is -7.27. The molecule has 11 rings (SSSR count). The van der Waals surface area contributed by atoms with Gasteiger partial charge in [0, 0.05) is 79.6 Å². The van der Waals surface area contributed by atoms with Crippen molar-refractivity contribution >= 4 is 53.0 Å².